The fourth-order valence-electron chi connectivity index (χ4n) is 3.52. The van der Waals surface area contributed by atoms with Gasteiger partial charge in [0.05, 0.1) is 12.5 Å². The zero-order valence-electron chi connectivity index (χ0n) is 15.9. The normalized spacial score (nSPS) is 18.0. The van der Waals surface area contributed by atoms with Gasteiger partial charge in [-0.05, 0) is 40.2 Å². The highest BCUT2D eigenvalue weighted by atomic mass is 16.5. The van der Waals surface area contributed by atoms with E-state index in [0.29, 0.717) is 18.3 Å². The summed E-state index contributed by atoms with van der Waals surface area (Å²) < 4.78 is 5.44. The Morgan fingerprint density at radius 2 is 2.00 bits per heavy atom. The van der Waals surface area contributed by atoms with E-state index in [9.17, 15) is 4.79 Å². The third-order valence-corrected chi connectivity index (χ3v) is 5.07. The Hall–Kier alpha value is -2.21. The second kappa shape index (κ2) is 8.45. The largest absolute Gasteiger partial charge is 0.343 e. The number of nitrogens with zero attached hydrogens (tertiary/aromatic N) is 4. The third kappa shape index (κ3) is 4.30. The molecule has 1 amide bonds. The van der Waals surface area contributed by atoms with Crippen molar-refractivity contribution >= 4 is 5.91 Å². The van der Waals surface area contributed by atoms with Gasteiger partial charge in [-0.15, -0.1) is 0 Å². The van der Waals surface area contributed by atoms with Crippen LogP contribution >= 0.6 is 0 Å². The van der Waals surface area contributed by atoms with Crippen LogP contribution in [0.2, 0.25) is 0 Å². The lowest BCUT2D eigenvalue weighted by atomic mass is 9.96. The molecule has 6 heteroatoms. The van der Waals surface area contributed by atoms with Crippen molar-refractivity contribution in [3.63, 3.8) is 0 Å². The first-order valence-electron chi connectivity index (χ1n) is 9.51. The number of hydrogen-bond acceptors (Lipinski definition) is 5. The minimum absolute atomic E-state index is 0.0724. The van der Waals surface area contributed by atoms with Crippen LogP contribution in [0.25, 0.3) is 11.4 Å². The summed E-state index contributed by atoms with van der Waals surface area (Å²) in [6, 6.07) is 8.09. The van der Waals surface area contributed by atoms with Crippen molar-refractivity contribution in [2.24, 2.45) is 5.92 Å². The monoisotopic (exact) mass is 356 g/mol. The molecule has 3 rings (SSSR count). The van der Waals surface area contributed by atoms with Crippen LogP contribution in [0.4, 0.5) is 0 Å². The summed E-state index contributed by atoms with van der Waals surface area (Å²) in [5.41, 5.74) is 2.16. The minimum Gasteiger partial charge on any atom is -0.343 e. The molecular weight excluding hydrogens is 328 g/mol. The maximum absolute atomic E-state index is 12.6. The molecule has 0 spiro atoms. The predicted octanol–water partition coefficient (Wildman–Crippen LogP) is 3.13. The molecule has 0 N–H and O–H groups in total. The average molecular weight is 356 g/mol. The Morgan fingerprint density at radius 3 is 2.69 bits per heavy atom. The van der Waals surface area contributed by atoms with E-state index in [2.05, 4.69) is 22.0 Å². The van der Waals surface area contributed by atoms with Gasteiger partial charge in [-0.2, -0.15) is 4.98 Å². The molecule has 1 aliphatic rings. The van der Waals surface area contributed by atoms with E-state index in [1.165, 1.54) is 5.56 Å². The van der Waals surface area contributed by atoms with Crippen LogP contribution in [0.1, 0.15) is 38.1 Å². The molecule has 1 fully saturated rings. The zero-order valence-corrected chi connectivity index (χ0v) is 15.9. The van der Waals surface area contributed by atoms with Gasteiger partial charge in [-0.3, -0.25) is 9.69 Å². The Bertz CT molecular complexity index is 722. The number of rotatable bonds is 6. The number of amides is 1. The highest BCUT2D eigenvalue weighted by Gasteiger charge is 2.29. The minimum atomic E-state index is 0.0724. The Kier molecular flexibility index (Phi) is 6.04. The van der Waals surface area contributed by atoms with E-state index in [1.54, 1.807) is 0 Å². The van der Waals surface area contributed by atoms with Gasteiger partial charge in [0.2, 0.25) is 17.6 Å². The lowest BCUT2D eigenvalue weighted by Crippen LogP contribution is -2.44. The first-order valence-corrected chi connectivity index (χ1v) is 9.51. The fraction of sp³-hybridized carbons (Fsp3) is 0.550. The number of aryl methyl sites for hydroxylation is 1. The second-order valence-electron chi connectivity index (χ2n) is 6.96. The Morgan fingerprint density at radius 1 is 1.27 bits per heavy atom. The molecule has 1 aliphatic heterocycles. The van der Waals surface area contributed by atoms with Crippen molar-refractivity contribution in [3.05, 3.63) is 35.7 Å². The quantitative estimate of drug-likeness (QED) is 0.796. The zero-order chi connectivity index (χ0) is 18.5. The summed E-state index contributed by atoms with van der Waals surface area (Å²) >= 11 is 0. The van der Waals surface area contributed by atoms with Gasteiger partial charge in [-0.25, -0.2) is 0 Å². The third-order valence-electron chi connectivity index (χ3n) is 5.07. The van der Waals surface area contributed by atoms with Gasteiger partial charge in [-0.1, -0.05) is 35.0 Å². The van der Waals surface area contributed by atoms with Gasteiger partial charge in [0.15, 0.2) is 0 Å². The van der Waals surface area contributed by atoms with Gasteiger partial charge in [0.25, 0.3) is 0 Å². The molecule has 1 unspecified atom stereocenters. The van der Waals surface area contributed by atoms with Crippen LogP contribution in [0.5, 0.6) is 0 Å². The molecule has 0 radical (unpaired) electrons. The Labute approximate surface area is 155 Å². The van der Waals surface area contributed by atoms with Gasteiger partial charge >= 0.3 is 0 Å². The van der Waals surface area contributed by atoms with Gasteiger partial charge in [0.1, 0.15) is 0 Å². The van der Waals surface area contributed by atoms with E-state index in [-0.39, 0.29) is 11.8 Å². The molecular formula is C20H28N4O2. The number of piperidine rings is 1. The predicted molar refractivity (Wildman–Crippen MR) is 100 cm³/mol. The molecule has 2 heterocycles. The number of benzene rings is 1. The highest BCUT2D eigenvalue weighted by Crippen LogP contribution is 2.22. The fourth-order valence-corrected chi connectivity index (χ4v) is 3.52. The number of carbonyl (C=O) groups is 1. The molecule has 6 nitrogen and oxygen atoms in total. The molecule has 2 aromatic rings. The Balaban J connectivity index is 1.62. The van der Waals surface area contributed by atoms with E-state index < -0.39 is 0 Å². The molecule has 140 valence electrons. The SMILES string of the molecule is CCN(CC)C(=O)C1CCCN(Cc2nc(-c3ccc(C)cc3)no2)C1. The van der Waals surface area contributed by atoms with E-state index in [1.807, 2.05) is 43.0 Å². The average Bonchev–Trinajstić information content (AvgIpc) is 3.12. The lowest BCUT2D eigenvalue weighted by molar-refractivity contribution is -0.137. The summed E-state index contributed by atoms with van der Waals surface area (Å²) in [5, 5.41) is 4.10. The molecule has 0 saturated carbocycles. The highest BCUT2D eigenvalue weighted by molar-refractivity contribution is 5.79. The molecule has 1 atom stereocenters. The van der Waals surface area contributed by atoms with Crippen molar-refractivity contribution in [2.45, 2.75) is 40.2 Å². The number of aromatic nitrogens is 2. The first kappa shape index (κ1) is 18.6. The molecule has 1 aromatic carbocycles. The van der Waals surface area contributed by atoms with E-state index in [4.69, 9.17) is 4.52 Å². The van der Waals surface area contributed by atoms with Crippen LogP contribution in [0, 0.1) is 12.8 Å². The van der Waals surface area contributed by atoms with Gasteiger partial charge < -0.3 is 9.42 Å². The maximum Gasteiger partial charge on any atom is 0.241 e. The summed E-state index contributed by atoms with van der Waals surface area (Å²) in [7, 11) is 0. The molecule has 1 aromatic heterocycles. The van der Waals surface area contributed by atoms with Crippen LogP contribution in [-0.4, -0.2) is 52.0 Å². The van der Waals surface area contributed by atoms with Crippen LogP contribution in [0.3, 0.4) is 0 Å². The van der Waals surface area contributed by atoms with Crippen LogP contribution in [-0.2, 0) is 11.3 Å². The summed E-state index contributed by atoms with van der Waals surface area (Å²) in [4.78, 5) is 21.3. The van der Waals surface area contributed by atoms with Crippen molar-refractivity contribution in [1.29, 1.82) is 0 Å². The van der Waals surface area contributed by atoms with E-state index >= 15 is 0 Å². The topological polar surface area (TPSA) is 62.5 Å². The molecule has 0 bridgehead atoms. The first-order chi connectivity index (χ1) is 12.6. The number of likely N-dealkylation sites (tertiary alicyclic amines) is 1. The number of hydrogen-bond donors (Lipinski definition) is 0. The van der Waals surface area contributed by atoms with Crippen molar-refractivity contribution in [1.82, 2.24) is 19.9 Å². The number of carbonyl (C=O) groups excluding carboxylic acids is 1. The van der Waals surface area contributed by atoms with Gasteiger partial charge in [0, 0.05) is 25.2 Å². The summed E-state index contributed by atoms with van der Waals surface area (Å²) in [5.74, 6) is 1.57. The maximum atomic E-state index is 12.6. The standard InChI is InChI=1S/C20H28N4O2/c1-4-24(5-2)20(25)17-7-6-12-23(13-17)14-18-21-19(22-26-18)16-10-8-15(3)9-11-16/h8-11,17H,4-7,12-14H2,1-3H3. The second-order valence-corrected chi connectivity index (χ2v) is 6.96. The smallest absolute Gasteiger partial charge is 0.241 e. The summed E-state index contributed by atoms with van der Waals surface area (Å²) in [6.45, 7) is 9.99. The van der Waals surface area contributed by atoms with Crippen molar-refractivity contribution in [3.8, 4) is 11.4 Å². The van der Waals surface area contributed by atoms with Crippen molar-refractivity contribution in [2.75, 3.05) is 26.2 Å². The van der Waals surface area contributed by atoms with Crippen LogP contribution in [0.15, 0.2) is 28.8 Å². The van der Waals surface area contributed by atoms with E-state index in [0.717, 1.165) is 44.6 Å². The molecule has 1 saturated heterocycles. The molecule has 26 heavy (non-hydrogen) atoms. The lowest BCUT2D eigenvalue weighted by Gasteiger charge is -2.33. The molecule has 0 aliphatic carbocycles. The van der Waals surface area contributed by atoms with Crippen LogP contribution < -0.4 is 0 Å². The summed E-state index contributed by atoms with van der Waals surface area (Å²) in [6.07, 6.45) is 1.99. The van der Waals surface area contributed by atoms with Crippen molar-refractivity contribution < 1.29 is 9.32 Å².